The van der Waals surface area contributed by atoms with Crippen LogP contribution in [0.5, 0.6) is 11.5 Å². The zero-order valence-corrected chi connectivity index (χ0v) is 60.9. The molecule has 108 heavy (non-hydrogen) atoms. The fourth-order valence-corrected chi connectivity index (χ4v) is 13.4. The summed E-state index contributed by atoms with van der Waals surface area (Å²) in [6.07, 6.45) is 7.42. The third-order valence-electron chi connectivity index (χ3n) is 19.1. The number of rotatable bonds is 14. The van der Waals surface area contributed by atoms with Crippen LogP contribution in [0.3, 0.4) is 0 Å². The number of fused-ring (bicyclic) bond motifs is 4. The third kappa shape index (κ3) is 18.2. The van der Waals surface area contributed by atoms with Gasteiger partial charge in [0.05, 0.1) is 45.5 Å². The number of benzene rings is 4. The Bertz CT molecular complexity index is 5380. The lowest BCUT2D eigenvalue weighted by Crippen LogP contribution is -2.49. The molecule has 0 aliphatic carbocycles. The maximum atomic E-state index is 12.8. The van der Waals surface area contributed by atoms with Gasteiger partial charge in [-0.2, -0.15) is 17.6 Å². The fourth-order valence-electron chi connectivity index (χ4n) is 13.4. The van der Waals surface area contributed by atoms with Crippen molar-refractivity contribution < 1.29 is 27.0 Å². The Morgan fingerprint density at radius 3 is 0.963 bits per heavy atom. The second kappa shape index (κ2) is 33.8. The first-order chi connectivity index (χ1) is 52.2. The number of pyridine rings is 4. The second-order valence-electron chi connectivity index (χ2n) is 27.2. The summed E-state index contributed by atoms with van der Waals surface area (Å²) < 4.78 is 64.1. The van der Waals surface area contributed by atoms with E-state index in [-0.39, 0.29) is 33.7 Å². The number of nitrogens with one attached hydrogen (secondary N) is 4. The van der Waals surface area contributed by atoms with E-state index in [0.717, 1.165) is 137 Å². The highest BCUT2D eigenvalue weighted by Gasteiger charge is 2.21. The molecule has 4 saturated heterocycles. The van der Waals surface area contributed by atoms with Gasteiger partial charge in [-0.1, -0.05) is 24.3 Å². The number of ether oxygens (including phenoxy) is 2. The van der Waals surface area contributed by atoms with Crippen LogP contribution in [-0.4, -0.2) is 183 Å². The van der Waals surface area contributed by atoms with Crippen LogP contribution < -0.4 is 82.4 Å². The molecule has 4 fully saturated rings. The highest BCUT2D eigenvalue weighted by atomic mass is 19.3. The molecule has 12 aromatic rings. The van der Waals surface area contributed by atoms with Gasteiger partial charge in [-0.05, 0) is 135 Å². The van der Waals surface area contributed by atoms with Gasteiger partial charge in [-0.25, -0.2) is 19.9 Å². The van der Waals surface area contributed by atoms with Crippen molar-refractivity contribution in [1.82, 2.24) is 58.8 Å². The van der Waals surface area contributed by atoms with Crippen LogP contribution in [0.2, 0.25) is 0 Å². The van der Waals surface area contributed by atoms with Crippen molar-refractivity contribution in [3.8, 4) is 56.5 Å². The SMILES string of the molecule is CN(C)c1cccc(-c2cc(=O)n3cc(N4CCNCC4)ccc3n2)c1.C[C@H]1CN(c2ccc3nc(-c4ccc(OC(F)F)cc4)cc(=O)n3c2)CCN1.C[C@H]1CN(c2ccc3nc(-c4cccc(N(C)C)c4)cc(=O)n3c2)CCN1.O=c1cc(-c2ccc(OC(F)F)cc2)nc2ccc(N3CCNCC3)cn12. The molecule has 0 amide bonds. The van der Waals surface area contributed by atoms with Gasteiger partial charge in [-0.3, -0.25) is 36.8 Å². The average molecular weight is 1470 g/mol. The Hall–Kier alpha value is -11.7. The molecule has 0 spiro atoms. The monoisotopic (exact) mass is 1470 g/mol. The van der Waals surface area contributed by atoms with Crippen molar-refractivity contribution in [2.45, 2.75) is 39.2 Å². The molecule has 560 valence electrons. The number of aromatic nitrogens is 8. The first-order valence-electron chi connectivity index (χ1n) is 35.9. The van der Waals surface area contributed by atoms with Gasteiger partial charge in [0.15, 0.2) is 0 Å². The van der Waals surface area contributed by atoms with E-state index < -0.39 is 13.2 Å². The van der Waals surface area contributed by atoms with Crippen LogP contribution >= 0.6 is 0 Å². The first kappa shape index (κ1) is 74.5. The van der Waals surface area contributed by atoms with Gasteiger partial charge < -0.3 is 60.1 Å². The quantitative estimate of drug-likeness (QED) is 0.0745. The van der Waals surface area contributed by atoms with E-state index in [1.54, 1.807) is 51.4 Å². The minimum atomic E-state index is -2.87. The lowest BCUT2D eigenvalue weighted by Gasteiger charge is -2.33. The average Bonchev–Trinajstić information content (AvgIpc) is 0.804. The van der Waals surface area contributed by atoms with E-state index >= 15 is 0 Å². The van der Waals surface area contributed by atoms with Crippen LogP contribution in [0.4, 0.5) is 51.7 Å². The standard InChI is InChI=1S/C21H25N5O.C20H20F2N4O2.C20H23N5O.C19H18F2N4O2/c1-15-13-25(10-9-22-15)18-7-8-20-23-19(12-21(27)26(20)14-18)16-5-4-6-17(11-16)24(2)3;1-13-11-25(9-8-23-13)15-4-7-18-24-17(10-19(27)26(18)12-15)14-2-5-16(6-3-14)28-20(21)22;1-23(2)16-5-3-4-15(12-16)18-13-20(26)25-14-17(6-7-19(25)22-18)24-10-8-21-9-11-24;20-19(21)27-15-4-1-13(2-5-15)16-11-18(26)25-12-14(3-6-17(25)23-16)24-9-7-22-8-10-24/h4-8,11-12,14-15,22H,9-10,13H2,1-3H3;2-7,10,12-13,20,23H,8-9,11H2,1H3;3-7,12-14,21H,8-11H2,1-2H3;1-6,11-12,19,22H,7-10H2/t15-;13-;;/m00../s1. The highest BCUT2D eigenvalue weighted by Crippen LogP contribution is 2.29. The predicted molar refractivity (Wildman–Crippen MR) is 419 cm³/mol. The van der Waals surface area contributed by atoms with Crippen LogP contribution in [0.1, 0.15) is 13.8 Å². The van der Waals surface area contributed by atoms with Crippen molar-refractivity contribution in [2.75, 3.05) is 149 Å². The molecule has 12 heterocycles. The normalized spacial score (nSPS) is 16.0. The van der Waals surface area contributed by atoms with Crippen LogP contribution in [0.25, 0.3) is 67.6 Å². The second-order valence-corrected chi connectivity index (χ2v) is 27.2. The molecule has 0 radical (unpaired) electrons. The zero-order valence-electron chi connectivity index (χ0n) is 60.9. The Balaban J connectivity index is 0.000000127. The van der Waals surface area contributed by atoms with E-state index in [1.165, 1.54) is 45.2 Å². The summed E-state index contributed by atoms with van der Waals surface area (Å²) in [7, 11) is 8.00. The Morgan fingerprint density at radius 1 is 0.370 bits per heavy atom. The summed E-state index contributed by atoms with van der Waals surface area (Å²) in [6.45, 7) is 11.5. The molecular formula is C80H86F4N18O6. The molecule has 0 unspecified atom stereocenters. The van der Waals surface area contributed by atoms with E-state index in [0.29, 0.717) is 68.6 Å². The Labute approximate surface area is 620 Å². The molecule has 8 aromatic heterocycles. The maximum Gasteiger partial charge on any atom is 0.387 e. The van der Waals surface area contributed by atoms with Crippen molar-refractivity contribution in [1.29, 1.82) is 0 Å². The number of anilines is 6. The molecule has 0 bridgehead atoms. The van der Waals surface area contributed by atoms with Crippen LogP contribution in [-0.2, 0) is 0 Å². The summed E-state index contributed by atoms with van der Waals surface area (Å²) in [5.41, 5.74) is 13.7. The number of hydrogen-bond donors (Lipinski definition) is 4. The van der Waals surface area contributed by atoms with Gasteiger partial charge >= 0.3 is 13.2 Å². The first-order valence-corrected chi connectivity index (χ1v) is 35.9. The lowest BCUT2D eigenvalue weighted by atomic mass is 10.1. The number of piperazine rings is 4. The summed E-state index contributed by atoms with van der Waals surface area (Å²) in [6, 6.07) is 50.7. The highest BCUT2D eigenvalue weighted by molar-refractivity contribution is 5.70. The van der Waals surface area contributed by atoms with E-state index in [1.807, 2.05) is 142 Å². The van der Waals surface area contributed by atoms with Crippen molar-refractivity contribution >= 4 is 56.7 Å². The predicted octanol–water partition coefficient (Wildman–Crippen LogP) is 9.20. The molecule has 4 aliphatic rings. The topological polar surface area (TPSA) is 224 Å². The number of halogens is 4. The van der Waals surface area contributed by atoms with Gasteiger partial charge in [0.2, 0.25) is 0 Å². The summed E-state index contributed by atoms with van der Waals surface area (Å²) in [4.78, 5) is 82.4. The van der Waals surface area contributed by atoms with Crippen LogP contribution in [0.15, 0.2) is 214 Å². The van der Waals surface area contributed by atoms with E-state index in [4.69, 9.17) is 9.97 Å². The summed E-state index contributed by atoms with van der Waals surface area (Å²) >= 11 is 0. The minimum absolute atomic E-state index is 0.0581. The third-order valence-corrected chi connectivity index (χ3v) is 19.1. The molecular weight excluding hydrogens is 1380 g/mol. The molecule has 0 saturated carbocycles. The summed E-state index contributed by atoms with van der Waals surface area (Å²) in [5.74, 6) is 0.123. The van der Waals surface area contributed by atoms with Crippen molar-refractivity contribution in [2.24, 2.45) is 0 Å². The molecule has 28 heteroatoms. The summed E-state index contributed by atoms with van der Waals surface area (Å²) in [5, 5.41) is 13.5. The molecule has 24 nitrogen and oxygen atoms in total. The van der Waals surface area contributed by atoms with Gasteiger partial charge in [-0.15, -0.1) is 0 Å². The molecule has 4 aromatic carbocycles. The largest absolute Gasteiger partial charge is 0.435 e. The van der Waals surface area contributed by atoms with E-state index in [2.05, 4.69) is 86.3 Å². The van der Waals surface area contributed by atoms with Crippen molar-refractivity contribution in [3.05, 3.63) is 236 Å². The van der Waals surface area contributed by atoms with Gasteiger partial charge in [0, 0.05) is 215 Å². The van der Waals surface area contributed by atoms with Crippen LogP contribution in [0, 0.1) is 0 Å². The number of alkyl halides is 4. The maximum absolute atomic E-state index is 12.8. The van der Waals surface area contributed by atoms with Gasteiger partial charge in [0.25, 0.3) is 22.2 Å². The molecule has 4 N–H and O–H groups in total. The molecule has 4 aliphatic heterocycles. The number of hydrogen-bond acceptors (Lipinski definition) is 20. The van der Waals surface area contributed by atoms with E-state index in [9.17, 15) is 36.7 Å². The van der Waals surface area contributed by atoms with Crippen molar-refractivity contribution in [3.63, 3.8) is 0 Å². The zero-order chi connectivity index (χ0) is 75.5. The Morgan fingerprint density at radius 2 is 0.667 bits per heavy atom. The minimum Gasteiger partial charge on any atom is -0.435 e. The number of nitrogens with zero attached hydrogens (tertiary/aromatic N) is 14. The fraction of sp³-hybridized carbons (Fsp3) is 0.300. The van der Waals surface area contributed by atoms with Gasteiger partial charge in [0.1, 0.15) is 34.1 Å². The Kier molecular flexibility index (Phi) is 23.3. The lowest BCUT2D eigenvalue weighted by molar-refractivity contribution is -0.0505. The smallest absolute Gasteiger partial charge is 0.387 e. The molecule has 2 atom stereocenters. The molecule has 16 rings (SSSR count).